The molecule has 1 atom stereocenters. The number of esters is 2. The van der Waals surface area contributed by atoms with Crippen LogP contribution in [0.25, 0.3) is 0 Å². The topological polar surface area (TPSA) is 55.8 Å². The van der Waals surface area contributed by atoms with Gasteiger partial charge >= 0.3 is 11.9 Å². The zero-order valence-electron chi connectivity index (χ0n) is 26.8. The molecule has 0 aromatic heterocycles. The third kappa shape index (κ3) is 21.4. The Bertz CT molecular complexity index is 627. The van der Waals surface area contributed by atoms with Crippen LogP contribution in [0.4, 0.5) is 0 Å². The second-order valence-corrected chi connectivity index (χ2v) is 12.2. The first-order valence-electron chi connectivity index (χ1n) is 17.3. The second kappa shape index (κ2) is 26.5. The number of carbonyl (C=O) groups is 2. The molecule has 1 heterocycles. The van der Waals surface area contributed by atoms with E-state index in [4.69, 9.17) is 9.47 Å². The number of allylic oxidation sites excluding steroid dienone is 1. The van der Waals surface area contributed by atoms with Gasteiger partial charge in [0.05, 0.1) is 5.92 Å². The summed E-state index contributed by atoms with van der Waals surface area (Å²) in [6.45, 7) is 6.89. The molecule has 1 unspecified atom stereocenters. The van der Waals surface area contributed by atoms with Crippen LogP contribution < -0.4 is 0 Å². The van der Waals surface area contributed by atoms with Crippen molar-refractivity contribution >= 4 is 11.9 Å². The van der Waals surface area contributed by atoms with Gasteiger partial charge in [-0.25, -0.2) is 0 Å². The maximum absolute atomic E-state index is 12.8. The molecule has 1 aliphatic rings. The molecule has 0 bridgehead atoms. The van der Waals surface area contributed by atoms with Gasteiger partial charge in [-0.15, -0.1) is 0 Å². The highest BCUT2D eigenvalue weighted by Gasteiger charge is 2.26. The van der Waals surface area contributed by atoms with Crippen LogP contribution in [0.15, 0.2) is 12.2 Å². The highest BCUT2D eigenvalue weighted by atomic mass is 16.5. The number of hydrogen-bond donors (Lipinski definition) is 0. The molecule has 5 heteroatoms. The Kier molecular flexibility index (Phi) is 24.3. The number of carbonyl (C=O) groups excluding carboxylic acids is 2. The van der Waals surface area contributed by atoms with Gasteiger partial charge in [-0.2, -0.15) is 0 Å². The average molecular weight is 564 g/mol. The van der Waals surface area contributed by atoms with Gasteiger partial charge in [-0.05, 0) is 77.9 Å². The molecular formula is C35H65NO4. The summed E-state index contributed by atoms with van der Waals surface area (Å²) < 4.78 is 11.4. The van der Waals surface area contributed by atoms with Crippen LogP contribution in [0.3, 0.4) is 0 Å². The second-order valence-electron chi connectivity index (χ2n) is 12.2. The van der Waals surface area contributed by atoms with E-state index in [2.05, 4.69) is 31.9 Å². The van der Waals surface area contributed by atoms with Gasteiger partial charge in [0.25, 0.3) is 0 Å². The smallest absolute Gasteiger partial charge is 0.309 e. The molecule has 1 aliphatic heterocycles. The summed E-state index contributed by atoms with van der Waals surface area (Å²) in [5, 5.41) is 0. The van der Waals surface area contributed by atoms with Crippen molar-refractivity contribution in [3.8, 4) is 0 Å². The fourth-order valence-corrected chi connectivity index (χ4v) is 5.53. The van der Waals surface area contributed by atoms with E-state index >= 15 is 0 Å². The summed E-state index contributed by atoms with van der Waals surface area (Å²) >= 11 is 0. The van der Waals surface area contributed by atoms with Gasteiger partial charge < -0.3 is 14.4 Å². The zero-order valence-corrected chi connectivity index (χ0v) is 26.8. The van der Waals surface area contributed by atoms with Crippen molar-refractivity contribution in [2.75, 3.05) is 26.7 Å². The monoisotopic (exact) mass is 563 g/mol. The maximum atomic E-state index is 12.8. The minimum Gasteiger partial charge on any atom is -0.462 e. The molecule has 0 aromatic carbocycles. The Morgan fingerprint density at radius 1 is 0.725 bits per heavy atom. The molecule has 234 valence electrons. The molecule has 0 aliphatic carbocycles. The average Bonchev–Trinajstić information content (AvgIpc) is 2.95. The summed E-state index contributed by atoms with van der Waals surface area (Å²) in [4.78, 5) is 27.1. The molecule has 1 saturated heterocycles. The summed E-state index contributed by atoms with van der Waals surface area (Å²) in [5.41, 5.74) is 0. The summed E-state index contributed by atoms with van der Waals surface area (Å²) in [7, 11) is 2.13. The van der Waals surface area contributed by atoms with E-state index in [-0.39, 0.29) is 24.0 Å². The first kappa shape index (κ1) is 36.7. The first-order chi connectivity index (χ1) is 19.6. The van der Waals surface area contributed by atoms with Crippen LogP contribution in [0, 0.1) is 5.92 Å². The lowest BCUT2D eigenvalue weighted by Crippen LogP contribution is -2.35. The molecule has 0 N–H and O–H groups in total. The van der Waals surface area contributed by atoms with Gasteiger partial charge in [0.1, 0.15) is 12.7 Å². The number of likely N-dealkylation sites (tertiary alicyclic amines) is 1. The van der Waals surface area contributed by atoms with E-state index in [9.17, 15) is 9.59 Å². The van der Waals surface area contributed by atoms with Gasteiger partial charge in [-0.1, -0.05) is 109 Å². The number of hydrogen-bond acceptors (Lipinski definition) is 5. The van der Waals surface area contributed by atoms with Crippen LogP contribution in [0.5, 0.6) is 0 Å². The van der Waals surface area contributed by atoms with E-state index in [1.807, 2.05) is 6.08 Å². The SMILES string of the molecule is CCCCCC/C=C\COC(=O)CCCCCCCCC(CCCCCCCCC)OC(=O)C1CCN(C)CC1. The molecule has 0 aromatic rings. The lowest BCUT2D eigenvalue weighted by molar-refractivity contribution is -0.156. The van der Waals surface area contributed by atoms with Crippen LogP contribution >= 0.6 is 0 Å². The van der Waals surface area contributed by atoms with Gasteiger partial charge in [0.15, 0.2) is 0 Å². The molecule has 40 heavy (non-hydrogen) atoms. The third-order valence-electron chi connectivity index (χ3n) is 8.35. The summed E-state index contributed by atoms with van der Waals surface area (Å²) in [6, 6.07) is 0. The van der Waals surface area contributed by atoms with Gasteiger partial charge in [-0.3, -0.25) is 9.59 Å². The van der Waals surface area contributed by atoms with Crippen molar-refractivity contribution in [3.63, 3.8) is 0 Å². The molecule has 1 rings (SSSR count). The minimum atomic E-state index is -0.0738. The Labute approximate surface area is 248 Å². The molecule has 0 radical (unpaired) electrons. The van der Waals surface area contributed by atoms with Crippen molar-refractivity contribution in [1.29, 1.82) is 0 Å². The Balaban J connectivity index is 2.15. The van der Waals surface area contributed by atoms with Crippen molar-refractivity contribution in [2.45, 2.75) is 168 Å². The molecule has 5 nitrogen and oxygen atoms in total. The highest BCUT2D eigenvalue weighted by Crippen LogP contribution is 2.22. The van der Waals surface area contributed by atoms with Gasteiger partial charge in [0.2, 0.25) is 0 Å². The highest BCUT2D eigenvalue weighted by molar-refractivity contribution is 5.72. The fourth-order valence-electron chi connectivity index (χ4n) is 5.53. The fraction of sp³-hybridized carbons (Fsp3) is 0.886. The largest absolute Gasteiger partial charge is 0.462 e. The molecule has 0 saturated carbocycles. The Hall–Kier alpha value is -1.36. The van der Waals surface area contributed by atoms with Crippen molar-refractivity contribution in [3.05, 3.63) is 12.2 Å². The normalized spacial score (nSPS) is 15.5. The standard InChI is InChI=1S/C35H65NO4/c1-4-6-8-10-12-16-20-24-33(40-35(38)32-27-29-36(3)30-28-32)25-21-17-13-14-18-22-26-34(37)39-31-23-19-15-11-9-7-5-2/h19,23,32-33H,4-18,20-22,24-31H2,1-3H3/b23-19-. The lowest BCUT2D eigenvalue weighted by Gasteiger charge is -2.29. The minimum absolute atomic E-state index is 0.0513. The number of unbranched alkanes of at least 4 members (excludes halogenated alkanes) is 15. The third-order valence-corrected chi connectivity index (χ3v) is 8.35. The molecule has 0 amide bonds. The van der Waals surface area contributed by atoms with Crippen molar-refractivity contribution in [2.24, 2.45) is 5.92 Å². The van der Waals surface area contributed by atoms with E-state index in [1.54, 1.807) is 0 Å². The predicted molar refractivity (Wildman–Crippen MR) is 169 cm³/mol. The van der Waals surface area contributed by atoms with Crippen LogP contribution in [0.1, 0.15) is 162 Å². The van der Waals surface area contributed by atoms with Crippen LogP contribution in [-0.4, -0.2) is 49.7 Å². The van der Waals surface area contributed by atoms with E-state index < -0.39 is 0 Å². The van der Waals surface area contributed by atoms with Crippen molar-refractivity contribution in [1.82, 2.24) is 4.90 Å². The lowest BCUT2D eigenvalue weighted by atomic mass is 9.97. The van der Waals surface area contributed by atoms with Crippen LogP contribution in [-0.2, 0) is 19.1 Å². The maximum Gasteiger partial charge on any atom is 0.309 e. The number of piperidine rings is 1. The number of nitrogens with zero attached hydrogens (tertiary/aromatic N) is 1. The number of ether oxygens (including phenoxy) is 2. The van der Waals surface area contributed by atoms with Crippen molar-refractivity contribution < 1.29 is 19.1 Å². The Morgan fingerprint density at radius 3 is 1.85 bits per heavy atom. The number of rotatable bonds is 26. The van der Waals surface area contributed by atoms with Gasteiger partial charge in [0, 0.05) is 6.42 Å². The van der Waals surface area contributed by atoms with E-state index in [1.165, 1.54) is 83.5 Å². The molecular weight excluding hydrogens is 498 g/mol. The summed E-state index contributed by atoms with van der Waals surface area (Å²) in [5.74, 6) is 0.0664. The van der Waals surface area contributed by atoms with Crippen LogP contribution in [0.2, 0.25) is 0 Å². The predicted octanol–water partition coefficient (Wildman–Crippen LogP) is 9.57. The summed E-state index contributed by atoms with van der Waals surface area (Å²) in [6.07, 6.45) is 30.4. The molecule has 1 fully saturated rings. The quantitative estimate of drug-likeness (QED) is 0.0596. The first-order valence-corrected chi connectivity index (χ1v) is 17.3. The van der Waals surface area contributed by atoms with E-state index in [0.717, 1.165) is 70.9 Å². The Morgan fingerprint density at radius 2 is 1.25 bits per heavy atom. The van der Waals surface area contributed by atoms with E-state index in [0.29, 0.717) is 13.0 Å². The zero-order chi connectivity index (χ0) is 29.1. The molecule has 0 spiro atoms.